The minimum absolute atomic E-state index is 0.141. The molecular formula is C46H48Br2N4O7. The fourth-order valence-electron chi connectivity index (χ4n) is 6.59. The minimum Gasteiger partial charge on any atom is -0.492 e. The predicted molar refractivity (Wildman–Crippen MR) is 241 cm³/mol. The summed E-state index contributed by atoms with van der Waals surface area (Å²) in [5.74, 6) is 0.691. The number of halogens is 2. The van der Waals surface area contributed by atoms with Gasteiger partial charge in [0.05, 0.1) is 32.0 Å². The molecule has 11 nitrogen and oxygen atoms in total. The van der Waals surface area contributed by atoms with Crippen LogP contribution >= 0.6 is 31.9 Å². The number of nitrogens with two attached hydrogens (primary N) is 1. The van der Waals surface area contributed by atoms with E-state index in [2.05, 4.69) is 53.0 Å². The van der Waals surface area contributed by atoms with E-state index in [1.165, 1.54) is 0 Å². The van der Waals surface area contributed by atoms with Crippen LogP contribution in [-0.4, -0.2) is 106 Å². The van der Waals surface area contributed by atoms with Gasteiger partial charge in [0, 0.05) is 86.7 Å². The van der Waals surface area contributed by atoms with Crippen LogP contribution < -0.4 is 20.5 Å². The molecule has 0 saturated carbocycles. The molecule has 1 amide bonds. The molecule has 59 heavy (non-hydrogen) atoms. The Kier molecular flexibility index (Phi) is 16.5. The van der Waals surface area contributed by atoms with E-state index in [0.717, 1.165) is 119 Å². The first kappa shape index (κ1) is 43.6. The summed E-state index contributed by atoms with van der Waals surface area (Å²) in [6, 6.07) is 37.7. The third kappa shape index (κ3) is 13.0. The smallest absolute Gasteiger partial charge is 0.335 e. The van der Waals surface area contributed by atoms with E-state index >= 15 is 0 Å². The summed E-state index contributed by atoms with van der Waals surface area (Å²) in [5, 5.41) is 15.6. The lowest BCUT2D eigenvalue weighted by Gasteiger charge is -2.26. The van der Waals surface area contributed by atoms with Crippen molar-refractivity contribution < 1.29 is 33.6 Å². The number of nitrogens with zero attached hydrogens (tertiary/aromatic N) is 2. The van der Waals surface area contributed by atoms with E-state index in [4.69, 9.17) is 29.8 Å². The summed E-state index contributed by atoms with van der Waals surface area (Å²) >= 11 is 6.58. The number of fused-ring (bicyclic) bond motifs is 2. The van der Waals surface area contributed by atoms with E-state index in [0.29, 0.717) is 24.3 Å². The molecule has 0 radical (unpaired) electrons. The van der Waals surface area contributed by atoms with Crippen LogP contribution in [0.2, 0.25) is 0 Å². The zero-order valence-electron chi connectivity index (χ0n) is 32.7. The molecule has 308 valence electrons. The second kappa shape index (κ2) is 22.4. The van der Waals surface area contributed by atoms with Gasteiger partial charge in [0.1, 0.15) is 24.7 Å². The van der Waals surface area contributed by atoms with Crippen molar-refractivity contribution in [3.8, 4) is 11.5 Å². The molecule has 0 bridgehead atoms. The van der Waals surface area contributed by atoms with Gasteiger partial charge < -0.3 is 35.1 Å². The maximum atomic E-state index is 12.7. The molecule has 0 unspecified atom stereocenters. The van der Waals surface area contributed by atoms with Crippen molar-refractivity contribution in [2.24, 2.45) is 0 Å². The van der Waals surface area contributed by atoms with Gasteiger partial charge in [0.2, 0.25) is 0 Å². The lowest BCUT2D eigenvalue weighted by atomic mass is 10.1. The van der Waals surface area contributed by atoms with Crippen LogP contribution in [0.25, 0.3) is 21.5 Å². The number of morpholine rings is 2. The monoisotopic (exact) mass is 926 g/mol. The van der Waals surface area contributed by atoms with Crippen LogP contribution in [0, 0.1) is 0 Å². The summed E-state index contributed by atoms with van der Waals surface area (Å²) in [7, 11) is 0. The van der Waals surface area contributed by atoms with Gasteiger partial charge in [-0.25, -0.2) is 4.79 Å². The number of carbonyl (C=O) groups is 2. The number of amides is 1. The molecule has 2 aliphatic rings. The normalized spacial score (nSPS) is 14.3. The number of rotatable bonds is 11. The number of benzene rings is 6. The van der Waals surface area contributed by atoms with E-state index in [-0.39, 0.29) is 5.91 Å². The Balaban J connectivity index is 0.000000168. The lowest BCUT2D eigenvalue weighted by molar-refractivity contribution is 0.0322. The summed E-state index contributed by atoms with van der Waals surface area (Å²) < 4.78 is 24.4. The standard InChI is InChI=1S/C23H23BrN2O3.C16H20N2O2.C7H5BrO2/c24-18-5-3-4-17(16-18)23(27)25-21-8-9-22(20-7-2-1-6-19(20)21)29-15-12-26-10-13-28-14-11-26;17-15-5-6-16(14-4-2-1-3-13(14)15)20-12-9-18-7-10-19-11-8-18;8-6-3-1-2-5(4-6)7(9)10/h1-9,16H,10-15H2,(H,25,27);1-6H,7-12,17H2;1-4H,(H,9,10). The Morgan fingerprint density at radius 3 is 1.61 bits per heavy atom. The molecule has 6 aromatic carbocycles. The number of anilines is 2. The van der Waals surface area contributed by atoms with Gasteiger partial charge in [-0.05, 0) is 60.7 Å². The summed E-state index contributed by atoms with van der Waals surface area (Å²) in [5.41, 5.74) is 8.46. The molecule has 0 aliphatic carbocycles. The van der Waals surface area contributed by atoms with E-state index < -0.39 is 5.97 Å². The maximum absolute atomic E-state index is 12.7. The number of nitrogen functional groups attached to an aromatic ring is 1. The summed E-state index contributed by atoms with van der Waals surface area (Å²) in [6.07, 6.45) is 0. The molecule has 2 saturated heterocycles. The molecule has 2 aliphatic heterocycles. The topological polar surface area (TPSA) is 136 Å². The first-order valence-electron chi connectivity index (χ1n) is 19.5. The highest BCUT2D eigenvalue weighted by atomic mass is 79.9. The lowest BCUT2D eigenvalue weighted by Crippen LogP contribution is -2.38. The zero-order chi connectivity index (χ0) is 41.4. The van der Waals surface area contributed by atoms with Gasteiger partial charge in [-0.15, -0.1) is 0 Å². The Bertz CT molecular complexity index is 2320. The van der Waals surface area contributed by atoms with Gasteiger partial charge in [0.25, 0.3) is 5.91 Å². The molecule has 2 fully saturated rings. The first-order valence-corrected chi connectivity index (χ1v) is 21.0. The van der Waals surface area contributed by atoms with Crippen molar-refractivity contribution >= 4 is 76.7 Å². The molecule has 8 rings (SSSR count). The molecule has 0 atom stereocenters. The van der Waals surface area contributed by atoms with Crippen LogP contribution in [0.1, 0.15) is 20.7 Å². The molecule has 0 aromatic heterocycles. The quantitative estimate of drug-likeness (QED) is 0.108. The third-order valence-corrected chi connectivity index (χ3v) is 10.7. The minimum atomic E-state index is -0.902. The predicted octanol–water partition coefficient (Wildman–Crippen LogP) is 8.85. The van der Waals surface area contributed by atoms with Crippen molar-refractivity contribution in [1.29, 1.82) is 0 Å². The zero-order valence-corrected chi connectivity index (χ0v) is 35.8. The molecule has 2 heterocycles. The van der Waals surface area contributed by atoms with Gasteiger partial charge >= 0.3 is 5.97 Å². The molecule has 13 heteroatoms. The van der Waals surface area contributed by atoms with Crippen LogP contribution in [0.5, 0.6) is 11.5 Å². The van der Waals surface area contributed by atoms with E-state index in [1.54, 1.807) is 36.4 Å². The second-order valence-corrected chi connectivity index (χ2v) is 15.6. The number of aromatic carboxylic acids is 1. The second-order valence-electron chi connectivity index (χ2n) is 13.7. The van der Waals surface area contributed by atoms with Crippen molar-refractivity contribution in [2.75, 3.05) is 90.0 Å². The van der Waals surface area contributed by atoms with Crippen molar-refractivity contribution in [3.05, 3.63) is 141 Å². The number of hydrogen-bond acceptors (Lipinski definition) is 9. The van der Waals surface area contributed by atoms with Gasteiger partial charge in [-0.3, -0.25) is 14.6 Å². The fourth-order valence-corrected chi connectivity index (χ4v) is 7.39. The largest absolute Gasteiger partial charge is 0.492 e. The number of carboxylic acid groups (broad SMARTS) is 1. The Morgan fingerprint density at radius 2 is 1.08 bits per heavy atom. The van der Waals surface area contributed by atoms with Crippen molar-refractivity contribution in [2.45, 2.75) is 0 Å². The van der Waals surface area contributed by atoms with Crippen LogP contribution in [0.3, 0.4) is 0 Å². The SMILES string of the molecule is Nc1ccc(OCCN2CCOCC2)c2ccccc12.O=C(Nc1ccc(OCCN2CCOCC2)c2ccccc12)c1cccc(Br)c1.O=C(O)c1cccc(Br)c1. The van der Waals surface area contributed by atoms with Crippen molar-refractivity contribution in [3.63, 3.8) is 0 Å². The van der Waals surface area contributed by atoms with Crippen molar-refractivity contribution in [1.82, 2.24) is 9.80 Å². The molecule has 0 spiro atoms. The molecule has 4 N–H and O–H groups in total. The Hall–Kier alpha value is -5.02. The van der Waals surface area contributed by atoms with Gasteiger partial charge in [0.15, 0.2) is 0 Å². The van der Waals surface area contributed by atoms with E-state index in [9.17, 15) is 9.59 Å². The summed E-state index contributed by atoms with van der Waals surface area (Å²) in [6.45, 7) is 10.2. The van der Waals surface area contributed by atoms with Gasteiger partial charge in [-0.2, -0.15) is 0 Å². The highest BCUT2D eigenvalue weighted by molar-refractivity contribution is 9.10. The summed E-state index contributed by atoms with van der Waals surface area (Å²) in [4.78, 5) is 27.7. The highest BCUT2D eigenvalue weighted by Crippen LogP contribution is 2.32. The van der Waals surface area contributed by atoms with E-state index in [1.807, 2.05) is 78.9 Å². The number of hydrogen-bond donors (Lipinski definition) is 3. The third-order valence-electron chi connectivity index (χ3n) is 9.75. The number of ether oxygens (including phenoxy) is 4. The Morgan fingerprint density at radius 1 is 0.610 bits per heavy atom. The molecular weight excluding hydrogens is 880 g/mol. The number of carboxylic acids is 1. The Labute approximate surface area is 361 Å². The number of carbonyl (C=O) groups excluding carboxylic acids is 1. The maximum Gasteiger partial charge on any atom is 0.335 e. The highest BCUT2D eigenvalue weighted by Gasteiger charge is 2.14. The number of nitrogens with one attached hydrogen (secondary N) is 1. The molecule has 6 aromatic rings. The first-order chi connectivity index (χ1) is 28.7. The average Bonchev–Trinajstić information content (AvgIpc) is 3.26. The van der Waals surface area contributed by atoms with Gasteiger partial charge in [-0.1, -0.05) is 92.5 Å². The van der Waals surface area contributed by atoms with Crippen LogP contribution in [0.4, 0.5) is 11.4 Å². The van der Waals surface area contributed by atoms with Crippen LogP contribution in [0.15, 0.2) is 130 Å². The average molecular weight is 929 g/mol. The van der Waals surface area contributed by atoms with Crippen LogP contribution in [-0.2, 0) is 9.47 Å². The fraction of sp³-hybridized carbons (Fsp3) is 0.261.